The van der Waals surface area contributed by atoms with E-state index in [2.05, 4.69) is 34.0 Å². The summed E-state index contributed by atoms with van der Waals surface area (Å²) in [6.07, 6.45) is -2.07. The lowest BCUT2D eigenvalue weighted by Crippen LogP contribution is -2.45. The summed E-state index contributed by atoms with van der Waals surface area (Å²) in [6, 6.07) is 5.05. The summed E-state index contributed by atoms with van der Waals surface area (Å²) in [5, 5.41) is 3.15. The van der Waals surface area contributed by atoms with Gasteiger partial charge < -0.3 is 10.2 Å². The number of aliphatic imine (C=N–C) groups is 1. The van der Waals surface area contributed by atoms with Crippen molar-refractivity contribution in [3.05, 3.63) is 35.4 Å². The van der Waals surface area contributed by atoms with Gasteiger partial charge in [0.05, 0.1) is 12.1 Å². The third-order valence-electron chi connectivity index (χ3n) is 4.05. The minimum atomic E-state index is -4.34. The first-order valence-electron chi connectivity index (χ1n) is 8.02. The molecule has 0 aromatic heterocycles. The van der Waals surface area contributed by atoms with E-state index in [1.165, 1.54) is 6.07 Å². The molecule has 0 radical (unpaired) electrons. The SMILES string of the molecule is CN=C(NCC#Cc1cccc(C(F)(F)F)c1)N1CCC(C)CC1. The Morgan fingerprint density at radius 1 is 1.33 bits per heavy atom. The number of alkyl halides is 3. The van der Waals surface area contributed by atoms with Crippen LogP contribution in [0, 0.1) is 17.8 Å². The molecular formula is C18H22F3N3. The second-order valence-electron chi connectivity index (χ2n) is 5.95. The van der Waals surface area contributed by atoms with Crippen LogP contribution < -0.4 is 5.32 Å². The van der Waals surface area contributed by atoms with Gasteiger partial charge in [0.25, 0.3) is 0 Å². The zero-order valence-electron chi connectivity index (χ0n) is 14.0. The molecule has 24 heavy (non-hydrogen) atoms. The Kier molecular flexibility index (Phi) is 6.13. The van der Waals surface area contributed by atoms with Gasteiger partial charge in [-0.25, -0.2) is 0 Å². The van der Waals surface area contributed by atoms with Crippen LogP contribution in [0.5, 0.6) is 0 Å². The molecule has 1 aliphatic rings. The van der Waals surface area contributed by atoms with Gasteiger partial charge >= 0.3 is 6.18 Å². The maximum atomic E-state index is 12.7. The fraction of sp³-hybridized carbons (Fsp3) is 0.500. The van der Waals surface area contributed by atoms with Crippen LogP contribution in [-0.2, 0) is 6.18 Å². The van der Waals surface area contributed by atoms with Crippen LogP contribution in [-0.4, -0.2) is 37.5 Å². The van der Waals surface area contributed by atoms with Crippen molar-refractivity contribution in [2.75, 3.05) is 26.7 Å². The zero-order chi connectivity index (χ0) is 17.6. The molecule has 1 aromatic carbocycles. The highest BCUT2D eigenvalue weighted by atomic mass is 19.4. The lowest BCUT2D eigenvalue weighted by molar-refractivity contribution is -0.137. The van der Waals surface area contributed by atoms with E-state index in [9.17, 15) is 13.2 Å². The van der Waals surface area contributed by atoms with Gasteiger partial charge in [0, 0.05) is 25.7 Å². The van der Waals surface area contributed by atoms with Crippen molar-refractivity contribution in [1.82, 2.24) is 10.2 Å². The van der Waals surface area contributed by atoms with Gasteiger partial charge in [-0.15, -0.1) is 0 Å². The molecule has 0 amide bonds. The fourth-order valence-electron chi connectivity index (χ4n) is 2.60. The third kappa shape index (κ3) is 5.19. The molecule has 1 aliphatic heterocycles. The number of piperidine rings is 1. The maximum absolute atomic E-state index is 12.7. The molecule has 1 fully saturated rings. The molecule has 0 atom stereocenters. The van der Waals surface area contributed by atoms with E-state index in [1.807, 2.05) is 0 Å². The monoisotopic (exact) mass is 337 g/mol. The average molecular weight is 337 g/mol. The first-order valence-corrected chi connectivity index (χ1v) is 8.02. The van der Waals surface area contributed by atoms with E-state index < -0.39 is 11.7 Å². The summed E-state index contributed by atoms with van der Waals surface area (Å²) in [6.45, 7) is 4.51. The molecule has 6 heteroatoms. The van der Waals surface area contributed by atoms with Gasteiger partial charge in [0.2, 0.25) is 0 Å². The molecular weight excluding hydrogens is 315 g/mol. The van der Waals surface area contributed by atoms with E-state index in [0.29, 0.717) is 12.1 Å². The van der Waals surface area contributed by atoms with E-state index in [0.717, 1.165) is 49.9 Å². The normalized spacial score (nSPS) is 16.5. The number of hydrogen-bond donors (Lipinski definition) is 1. The number of guanidine groups is 1. The Morgan fingerprint density at radius 3 is 2.67 bits per heavy atom. The van der Waals surface area contributed by atoms with Crippen LogP contribution in [0.1, 0.15) is 30.9 Å². The largest absolute Gasteiger partial charge is 0.416 e. The van der Waals surface area contributed by atoms with E-state index >= 15 is 0 Å². The topological polar surface area (TPSA) is 27.6 Å². The molecule has 0 spiro atoms. The van der Waals surface area contributed by atoms with Crippen molar-refractivity contribution in [3.63, 3.8) is 0 Å². The van der Waals surface area contributed by atoms with Crippen LogP contribution in [0.2, 0.25) is 0 Å². The van der Waals surface area contributed by atoms with Gasteiger partial charge in [-0.05, 0) is 37.0 Å². The second-order valence-corrected chi connectivity index (χ2v) is 5.95. The van der Waals surface area contributed by atoms with E-state index in [1.54, 1.807) is 13.1 Å². The van der Waals surface area contributed by atoms with Gasteiger partial charge in [0.1, 0.15) is 0 Å². The Balaban J connectivity index is 1.91. The Hall–Kier alpha value is -2.16. The maximum Gasteiger partial charge on any atom is 0.416 e. The molecule has 1 heterocycles. The minimum Gasteiger partial charge on any atom is -0.345 e. The number of halogens is 3. The molecule has 0 aliphatic carbocycles. The molecule has 1 N–H and O–H groups in total. The molecule has 0 unspecified atom stereocenters. The predicted molar refractivity (Wildman–Crippen MR) is 89.7 cm³/mol. The standard InChI is InChI=1S/C18H22F3N3/c1-14-8-11-24(12-9-14)17(22-2)23-10-4-6-15-5-3-7-16(13-15)18(19,20)21/h3,5,7,13-14H,8-12H2,1-2H3,(H,22,23). The number of hydrogen-bond acceptors (Lipinski definition) is 1. The van der Waals surface area contributed by atoms with E-state index in [-0.39, 0.29) is 0 Å². The van der Waals surface area contributed by atoms with Crippen molar-refractivity contribution < 1.29 is 13.2 Å². The third-order valence-corrected chi connectivity index (χ3v) is 4.05. The van der Waals surface area contributed by atoms with Crippen molar-refractivity contribution >= 4 is 5.96 Å². The number of nitrogens with zero attached hydrogens (tertiary/aromatic N) is 2. The number of nitrogens with one attached hydrogen (secondary N) is 1. The quantitative estimate of drug-likeness (QED) is 0.483. The summed E-state index contributed by atoms with van der Waals surface area (Å²) in [7, 11) is 1.72. The van der Waals surface area contributed by atoms with Crippen molar-refractivity contribution in [2.45, 2.75) is 25.9 Å². The summed E-state index contributed by atoms with van der Waals surface area (Å²) in [5.41, 5.74) is -0.325. The Bertz CT molecular complexity index is 633. The van der Waals surface area contributed by atoms with Gasteiger partial charge in [-0.2, -0.15) is 13.2 Å². The van der Waals surface area contributed by atoms with Gasteiger partial charge in [-0.1, -0.05) is 24.8 Å². The lowest BCUT2D eigenvalue weighted by Gasteiger charge is -2.32. The van der Waals surface area contributed by atoms with Crippen LogP contribution in [0.15, 0.2) is 29.3 Å². The molecule has 130 valence electrons. The molecule has 0 saturated carbocycles. The molecule has 3 nitrogen and oxygen atoms in total. The minimum absolute atomic E-state index is 0.342. The van der Waals surface area contributed by atoms with Crippen LogP contribution in [0.25, 0.3) is 0 Å². The lowest BCUT2D eigenvalue weighted by atomic mass is 10.00. The summed E-state index contributed by atoms with van der Waals surface area (Å²) >= 11 is 0. The fourth-order valence-corrected chi connectivity index (χ4v) is 2.60. The number of rotatable bonds is 1. The van der Waals surface area contributed by atoms with E-state index in [4.69, 9.17) is 0 Å². The molecule has 2 rings (SSSR count). The molecule has 1 saturated heterocycles. The van der Waals surface area contributed by atoms with Gasteiger partial charge in [-0.3, -0.25) is 4.99 Å². The first-order chi connectivity index (χ1) is 11.4. The Morgan fingerprint density at radius 2 is 2.04 bits per heavy atom. The zero-order valence-corrected chi connectivity index (χ0v) is 14.0. The summed E-state index contributed by atoms with van der Waals surface area (Å²) in [4.78, 5) is 6.43. The van der Waals surface area contributed by atoms with Crippen LogP contribution in [0.3, 0.4) is 0 Å². The molecule has 1 aromatic rings. The molecule has 0 bridgehead atoms. The predicted octanol–water partition coefficient (Wildman–Crippen LogP) is 3.36. The van der Waals surface area contributed by atoms with Gasteiger partial charge in [0.15, 0.2) is 5.96 Å². The number of benzene rings is 1. The smallest absolute Gasteiger partial charge is 0.345 e. The first kappa shape index (κ1) is 18.2. The van der Waals surface area contributed by atoms with Crippen molar-refractivity contribution in [3.8, 4) is 11.8 Å². The summed E-state index contributed by atoms with van der Waals surface area (Å²) in [5.74, 6) is 7.15. The highest BCUT2D eigenvalue weighted by Gasteiger charge is 2.30. The van der Waals surface area contributed by atoms with Crippen LogP contribution in [0.4, 0.5) is 13.2 Å². The number of likely N-dealkylation sites (tertiary alicyclic amines) is 1. The average Bonchev–Trinajstić information content (AvgIpc) is 2.56. The Labute approximate surface area is 141 Å². The second kappa shape index (κ2) is 8.09. The van der Waals surface area contributed by atoms with Crippen LogP contribution >= 0.6 is 0 Å². The highest BCUT2D eigenvalue weighted by Crippen LogP contribution is 2.29. The van der Waals surface area contributed by atoms with Crippen molar-refractivity contribution in [1.29, 1.82) is 0 Å². The van der Waals surface area contributed by atoms with Crippen molar-refractivity contribution in [2.24, 2.45) is 10.9 Å². The highest BCUT2D eigenvalue weighted by molar-refractivity contribution is 5.80. The summed E-state index contributed by atoms with van der Waals surface area (Å²) < 4.78 is 38.0.